The summed E-state index contributed by atoms with van der Waals surface area (Å²) in [6, 6.07) is 7.89. The molecule has 1 aromatic carbocycles. The van der Waals surface area contributed by atoms with E-state index in [1.807, 2.05) is 30.3 Å². The van der Waals surface area contributed by atoms with Crippen LogP contribution in [-0.4, -0.2) is 9.75 Å². The largest absolute Gasteiger partial charge is 0.260 e. The van der Waals surface area contributed by atoms with Crippen LogP contribution in [0.1, 0.15) is 19.4 Å². The van der Waals surface area contributed by atoms with Gasteiger partial charge in [-0.1, -0.05) is 65.8 Å². The fourth-order valence-electron chi connectivity index (χ4n) is 2.46. The van der Waals surface area contributed by atoms with Crippen molar-refractivity contribution in [3.05, 3.63) is 63.2 Å². The minimum atomic E-state index is -0.236. The first-order valence-electron chi connectivity index (χ1n) is 6.85. The molecule has 1 aliphatic rings. The van der Waals surface area contributed by atoms with Crippen molar-refractivity contribution < 1.29 is 4.92 Å². The van der Waals surface area contributed by atoms with Crippen LogP contribution in [0, 0.1) is 22.0 Å². The molecular formula is C16H18BrNO2S. The summed E-state index contributed by atoms with van der Waals surface area (Å²) in [5.41, 5.74) is 1.34. The van der Waals surface area contributed by atoms with E-state index in [9.17, 15) is 10.1 Å². The molecule has 0 saturated carbocycles. The van der Waals surface area contributed by atoms with Crippen LogP contribution in [0.5, 0.6) is 0 Å². The number of hydrogen-bond acceptors (Lipinski definition) is 3. The first-order valence-corrected chi connectivity index (χ1v) is 8.58. The quantitative estimate of drug-likeness (QED) is 0.316. The summed E-state index contributed by atoms with van der Waals surface area (Å²) in [7, 11) is 0. The predicted octanol–water partition coefficient (Wildman–Crippen LogP) is 5.04. The van der Waals surface area contributed by atoms with Gasteiger partial charge in [0.15, 0.2) is 0 Å². The minimum Gasteiger partial charge on any atom is -0.259 e. The van der Waals surface area contributed by atoms with E-state index in [2.05, 4.69) is 36.4 Å². The molecule has 2 rings (SSSR count). The van der Waals surface area contributed by atoms with Gasteiger partial charge in [0.2, 0.25) is 0 Å². The molecule has 3 atom stereocenters. The molecule has 0 bridgehead atoms. The average Bonchev–Trinajstić information content (AvgIpc) is 2.46. The molecule has 0 aliphatic carbocycles. The molecule has 0 saturated heterocycles. The predicted molar refractivity (Wildman–Crippen MR) is 91.3 cm³/mol. The summed E-state index contributed by atoms with van der Waals surface area (Å²) in [4.78, 5) is 13.4. The van der Waals surface area contributed by atoms with Gasteiger partial charge in [0.05, 0.1) is 16.2 Å². The van der Waals surface area contributed by atoms with Gasteiger partial charge in [-0.15, -0.1) is 6.58 Å². The third kappa shape index (κ3) is 3.40. The van der Waals surface area contributed by atoms with E-state index in [-0.39, 0.29) is 21.6 Å². The Kier molecular flexibility index (Phi) is 5.27. The monoisotopic (exact) mass is 367 g/mol. The van der Waals surface area contributed by atoms with Gasteiger partial charge in [0.25, 0.3) is 5.70 Å². The van der Waals surface area contributed by atoms with E-state index in [0.717, 1.165) is 15.4 Å². The average molecular weight is 368 g/mol. The van der Waals surface area contributed by atoms with Crippen molar-refractivity contribution in [2.75, 3.05) is 0 Å². The Morgan fingerprint density at radius 3 is 2.67 bits per heavy atom. The van der Waals surface area contributed by atoms with Gasteiger partial charge in [-0.3, -0.25) is 10.1 Å². The second-order valence-corrected chi connectivity index (χ2v) is 7.78. The molecule has 21 heavy (non-hydrogen) atoms. The number of hydrogen-bond donors (Lipinski definition) is 0. The van der Waals surface area contributed by atoms with Crippen LogP contribution in [0.4, 0.5) is 0 Å². The lowest BCUT2D eigenvalue weighted by molar-refractivity contribution is -0.428. The van der Waals surface area contributed by atoms with Crippen LogP contribution in [0.15, 0.2) is 52.4 Å². The van der Waals surface area contributed by atoms with Crippen LogP contribution in [0.2, 0.25) is 0 Å². The van der Waals surface area contributed by atoms with Gasteiger partial charge >= 0.3 is 0 Å². The molecule has 1 heterocycles. The van der Waals surface area contributed by atoms with E-state index in [0.29, 0.717) is 12.1 Å². The summed E-state index contributed by atoms with van der Waals surface area (Å²) in [5.74, 6) is 0.225. The van der Waals surface area contributed by atoms with Crippen LogP contribution in [0.25, 0.3) is 0 Å². The van der Waals surface area contributed by atoms with Crippen LogP contribution in [-0.2, 0) is 6.42 Å². The van der Waals surface area contributed by atoms with E-state index < -0.39 is 0 Å². The summed E-state index contributed by atoms with van der Waals surface area (Å²) >= 11 is 5.10. The highest BCUT2D eigenvalue weighted by Crippen LogP contribution is 2.45. The molecule has 0 radical (unpaired) electrons. The fraction of sp³-hybridized carbons (Fsp3) is 0.375. The minimum absolute atomic E-state index is 0.0156. The maximum Gasteiger partial charge on any atom is 0.260 e. The lowest BCUT2D eigenvalue weighted by Crippen LogP contribution is -2.22. The second-order valence-electron chi connectivity index (χ2n) is 5.25. The van der Waals surface area contributed by atoms with Crippen molar-refractivity contribution in [3.63, 3.8) is 0 Å². The molecule has 0 N–H and O–H groups in total. The summed E-state index contributed by atoms with van der Waals surface area (Å²) in [6.07, 6.45) is 2.22. The number of rotatable bonds is 5. The van der Waals surface area contributed by atoms with Gasteiger partial charge < -0.3 is 0 Å². The maximum atomic E-state index is 11.5. The topological polar surface area (TPSA) is 43.1 Å². The molecule has 0 amide bonds. The van der Waals surface area contributed by atoms with Crippen molar-refractivity contribution in [3.8, 4) is 0 Å². The maximum absolute atomic E-state index is 11.5. The fourth-order valence-corrected chi connectivity index (χ4v) is 4.15. The lowest BCUT2D eigenvalue weighted by Gasteiger charge is -2.27. The summed E-state index contributed by atoms with van der Waals surface area (Å²) in [5, 5.41) is 11.5. The van der Waals surface area contributed by atoms with Gasteiger partial charge in [-0.25, -0.2) is 0 Å². The van der Waals surface area contributed by atoms with Gasteiger partial charge in [-0.2, -0.15) is 0 Å². The molecule has 1 aliphatic heterocycles. The Bertz CT molecular complexity index is 598. The number of thioether (sulfide) groups is 1. The van der Waals surface area contributed by atoms with Gasteiger partial charge in [0.1, 0.15) is 0 Å². The number of halogens is 1. The van der Waals surface area contributed by atoms with Crippen molar-refractivity contribution >= 4 is 27.7 Å². The van der Waals surface area contributed by atoms with Crippen LogP contribution < -0.4 is 0 Å². The Morgan fingerprint density at radius 1 is 1.43 bits per heavy atom. The third-order valence-electron chi connectivity index (χ3n) is 3.90. The normalized spacial score (nSPS) is 18.6. The highest BCUT2D eigenvalue weighted by molar-refractivity contribution is 9.09. The molecule has 0 fully saturated rings. The molecule has 3 nitrogen and oxygen atoms in total. The van der Waals surface area contributed by atoms with Crippen LogP contribution in [0.3, 0.4) is 0 Å². The Morgan fingerprint density at radius 2 is 2.10 bits per heavy atom. The zero-order valence-electron chi connectivity index (χ0n) is 12.1. The SMILES string of the molecule is C=C[C@H](C1=C([N+](=O)[O-])Cc2ccccc2S1)[C@H](C)[C@H](C)Br. The zero-order valence-corrected chi connectivity index (χ0v) is 14.5. The molecule has 1 aromatic rings. The zero-order chi connectivity index (χ0) is 15.6. The van der Waals surface area contributed by atoms with Crippen molar-refractivity contribution in [2.24, 2.45) is 11.8 Å². The van der Waals surface area contributed by atoms with Crippen molar-refractivity contribution in [1.82, 2.24) is 0 Å². The first kappa shape index (κ1) is 16.3. The first-order chi connectivity index (χ1) is 9.95. The number of nitro groups is 1. The summed E-state index contributed by atoms with van der Waals surface area (Å²) in [6.45, 7) is 8.06. The third-order valence-corrected chi connectivity index (χ3v) is 6.08. The molecule has 0 aromatic heterocycles. The van der Waals surface area contributed by atoms with Gasteiger partial charge in [0, 0.05) is 15.6 Å². The number of nitrogens with zero attached hydrogens (tertiary/aromatic N) is 1. The molecular weight excluding hydrogens is 350 g/mol. The number of fused-ring (bicyclic) bond motifs is 1. The van der Waals surface area contributed by atoms with E-state index in [4.69, 9.17) is 0 Å². The molecule has 0 spiro atoms. The highest BCUT2D eigenvalue weighted by atomic mass is 79.9. The van der Waals surface area contributed by atoms with E-state index >= 15 is 0 Å². The summed E-state index contributed by atoms with van der Waals surface area (Å²) < 4.78 is 0. The Hall–Kier alpha value is -1.07. The molecule has 112 valence electrons. The second kappa shape index (κ2) is 6.79. The smallest absolute Gasteiger partial charge is 0.259 e. The van der Waals surface area contributed by atoms with E-state index in [1.165, 1.54) is 11.8 Å². The highest BCUT2D eigenvalue weighted by Gasteiger charge is 2.34. The molecule has 5 heteroatoms. The Labute approximate surface area is 137 Å². The van der Waals surface area contributed by atoms with Crippen molar-refractivity contribution in [1.29, 1.82) is 0 Å². The van der Waals surface area contributed by atoms with Crippen molar-refractivity contribution in [2.45, 2.75) is 30.0 Å². The van der Waals surface area contributed by atoms with E-state index in [1.54, 1.807) is 0 Å². The standard InChI is InChI=1S/C16H18BrNO2S/c1-4-13(10(2)11(3)17)16-14(18(19)20)9-12-7-5-6-8-15(12)21-16/h4-8,10-11,13H,1,9H2,2-3H3/t10-,11+,13+/m1/s1. The number of alkyl halides is 1. The molecule has 0 unspecified atom stereocenters. The van der Waals surface area contributed by atoms with Crippen LogP contribution >= 0.6 is 27.7 Å². The Balaban J connectivity index is 2.46. The van der Waals surface area contributed by atoms with Gasteiger partial charge in [-0.05, 0) is 17.5 Å². The number of allylic oxidation sites excluding steroid dienone is 3. The lowest BCUT2D eigenvalue weighted by atomic mass is 9.89. The number of benzene rings is 1.